The maximum Gasteiger partial charge on any atom is 0.448 e. The number of nitrogens with zero attached hydrogens (tertiary/aromatic N) is 1. The zero-order valence-corrected chi connectivity index (χ0v) is 9.30. The fourth-order valence-electron chi connectivity index (χ4n) is 1.00. The molecule has 0 heterocycles. The van der Waals surface area contributed by atoms with Crippen LogP contribution in [-0.4, -0.2) is 31.8 Å². The summed E-state index contributed by atoms with van der Waals surface area (Å²) in [5.41, 5.74) is 0.944. The second-order valence-electron chi connectivity index (χ2n) is 3.04. The van der Waals surface area contributed by atoms with Crippen LogP contribution in [0.5, 0.6) is 0 Å². The summed E-state index contributed by atoms with van der Waals surface area (Å²) in [7, 11) is 5.43. The first-order chi connectivity index (χ1) is 6.63. The third-order valence-electron chi connectivity index (χ3n) is 1.70. The van der Waals surface area contributed by atoms with Gasteiger partial charge in [-0.2, -0.15) is 0 Å². The van der Waals surface area contributed by atoms with Crippen LogP contribution < -0.4 is 5.32 Å². The molecule has 0 unspecified atom stereocenters. The summed E-state index contributed by atoms with van der Waals surface area (Å²) in [6.45, 7) is 0. The predicted molar refractivity (Wildman–Crippen MR) is 59.2 cm³/mol. The van der Waals surface area contributed by atoms with E-state index < -0.39 is 0 Å². The number of amidine groups is 1. The lowest BCUT2D eigenvalue weighted by Gasteiger charge is -2.03. The number of ether oxygens (including phenoxy) is 1. The monoisotopic (exact) mass is 213 g/mol. The number of methoxy groups -OCH3 is 1. The van der Waals surface area contributed by atoms with E-state index in [9.17, 15) is 0 Å². The zero-order valence-electron chi connectivity index (χ0n) is 8.54. The van der Waals surface area contributed by atoms with Crippen LogP contribution >= 0.6 is 11.6 Å². The minimum atomic E-state index is 0.687. The molecule has 4 heteroatoms. The molecule has 14 heavy (non-hydrogen) atoms. The van der Waals surface area contributed by atoms with Crippen molar-refractivity contribution in [1.29, 1.82) is 0 Å². The van der Waals surface area contributed by atoms with Crippen LogP contribution in [0.2, 0.25) is 5.02 Å². The van der Waals surface area contributed by atoms with Crippen LogP contribution in [0, 0.1) is 0 Å². The van der Waals surface area contributed by atoms with E-state index in [1.54, 1.807) is 7.11 Å². The molecule has 1 aromatic carbocycles. The molecule has 0 radical (unpaired) electrons. The maximum atomic E-state index is 5.77. The molecule has 0 aliphatic carbocycles. The summed E-state index contributed by atoms with van der Waals surface area (Å²) in [5, 5.41) is 3.84. The molecule has 0 aliphatic rings. The van der Waals surface area contributed by atoms with Gasteiger partial charge >= 0.3 is 6.02 Å². The number of halogens is 1. The first-order valence-corrected chi connectivity index (χ1v) is 4.62. The van der Waals surface area contributed by atoms with E-state index in [2.05, 4.69) is 5.32 Å². The smallest absolute Gasteiger partial charge is 0.435 e. The van der Waals surface area contributed by atoms with Gasteiger partial charge in [-0.15, -0.1) is 0 Å². The summed E-state index contributed by atoms with van der Waals surface area (Å²) in [6, 6.07) is 8.13. The van der Waals surface area contributed by atoms with Crippen molar-refractivity contribution < 1.29 is 9.31 Å². The van der Waals surface area contributed by atoms with Crippen LogP contribution in [0.15, 0.2) is 24.3 Å². The van der Waals surface area contributed by atoms with Crippen molar-refractivity contribution in [1.82, 2.24) is 0 Å². The number of hydrogen-bond acceptors (Lipinski definition) is 1. The summed E-state index contributed by atoms with van der Waals surface area (Å²) in [6.07, 6.45) is 0. The van der Waals surface area contributed by atoms with Crippen molar-refractivity contribution in [3.8, 4) is 0 Å². The van der Waals surface area contributed by atoms with Gasteiger partial charge in [0.05, 0.1) is 21.2 Å². The van der Waals surface area contributed by atoms with Gasteiger partial charge in [0, 0.05) is 5.02 Å². The molecule has 0 aromatic heterocycles. The van der Waals surface area contributed by atoms with Gasteiger partial charge in [-0.25, -0.2) is 9.89 Å². The fourth-order valence-corrected chi connectivity index (χ4v) is 1.13. The van der Waals surface area contributed by atoms with Crippen molar-refractivity contribution in [2.24, 2.45) is 0 Å². The summed E-state index contributed by atoms with van der Waals surface area (Å²) < 4.78 is 7.00. The van der Waals surface area contributed by atoms with E-state index in [-0.39, 0.29) is 0 Å². The van der Waals surface area contributed by atoms with Crippen molar-refractivity contribution in [2.45, 2.75) is 0 Å². The number of hydrogen-bond donors (Lipinski definition) is 1. The SMILES string of the molecule is COC(Nc1ccc(Cl)cc1)=[N+](C)C. The Morgan fingerprint density at radius 1 is 1.29 bits per heavy atom. The fraction of sp³-hybridized carbons (Fsp3) is 0.300. The largest absolute Gasteiger partial charge is 0.448 e. The molecule has 0 saturated carbocycles. The number of nitrogens with one attached hydrogen (secondary N) is 1. The number of benzene rings is 1. The number of anilines is 1. The second kappa shape index (κ2) is 4.86. The van der Waals surface area contributed by atoms with E-state index in [0.29, 0.717) is 6.02 Å². The van der Waals surface area contributed by atoms with E-state index in [1.165, 1.54) is 0 Å². The normalized spacial score (nSPS) is 9.43. The Hall–Kier alpha value is -1.22. The first-order valence-electron chi connectivity index (χ1n) is 4.24. The van der Waals surface area contributed by atoms with Crippen LogP contribution in [0.3, 0.4) is 0 Å². The Bertz CT molecular complexity index is 328. The van der Waals surface area contributed by atoms with Crippen molar-refractivity contribution in [3.63, 3.8) is 0 Å². The molecule has 0 fully saturated rings. The van der Waals surface area contributed by atoms with E-state index in [0.717, 1.165) is 10.7 Å². The van der Waals surface area contributed by atoms with Gasteiger partial charge < -0.3 is 4.74 Å². The minimum Gasteiger partial charge on any atom is -0.435 e. The predicted octanol–water partition coefficient (Wildman–Crippen LogP) is 2.03. The summed E-state index contributed by atoms with van der Waals surface area (Å²) in [5.74, 6) is 0. The van der Waals surface area contributed by atoms with Crippen LogP contribution in [0.4, 0.5) is 5.69 Å². The van der Waals surface area contributed by atoms with Gasteiger partial charge in [0.2, 0.25) is 0 Å². The van der Waals surface area contributed by atoms with Crippen molar-refractivity contribution >= 4 is 23.3 Å². The Morgan fingerprint density at radius 3 is 2.29 bits per heavy atom. The molecule has 0 bridgehead atoms. The average Bonchev–Trinajstić information content (AvgIpc) is 2.16. The quantitative estimate of drug-likeness (QED) is 0.439. The van der Waals surface area contributed by atoms with Gasteiger partial charge in [-0.1, -0.05) is 11.6 Å². The topological polar surface area (TPSA) is 24.3 Å². The molecule has 0 aliphatic heterocycles. The zero-order chi connectivity index (χ0) is 10.6. The third-order valence-corrected chi connectivity index (χ3v) is 1.95. The van der Waals surface area contributed by atoms with Gasteiger partial charge in [0.15, 0.2) is 0 Å². The second-order valence-corrected chi connectivity index (χ2v) is 3.47. The molecule has 1 N–H and O–H groups in total. The average molecular weight is 214 g/mol. The highest BCUT2D eigenvalue weighted by molar-refractivity contribution is 6.30. The standard InChI is InChI=1S/C10H13ClN2O/c1-13(2)10(14-3)12-9-6-4-8(11)5-7-9/h4-7H,1-3H3/p+1. The Morgan fingerprint density at radius 2 is 1.86 bits per heavy atom. The van der Waals surface area contributed by atoms with E-state index in [1.807, 2.05) is 42.9 Å². The third kappa shape index (κ3) is 2.92. The molecular weight excluding hydrogens is 200 g/mol. The van der Waals surface area contributed by atoms with Crippen molar-refractivity contribution in [3.05, 3.63) is 29.3 Å². The Labute approximate surface area is 89.0 Å². The first kappa shape index (κ1) is 10.9. The van der Waals surface area contributed by atoms with Crippen molar-refractivity contribution in [2.75, 3.05) is 26.5 Å². The molecule has 76 valence electrons. The molecule has 0 atom stereocenters. The highest BCUT2D eigenvalue weighted by Crippen LogP contribution is 2.13. The minimum absolute atomic E-state index is 0.687. The van der Waals surface area contributed by atoms with E-state index in [4.69, 9.17) is 16.3 Å². The molecule has 1 aromatic rings. The van der Waals surface area contributed by atoms with Crippen LogP contribution in [0.1, 0.15) is 0 Å². The molecule has 0 saturated heterocycles. The lowest BCUT2D eigenvalue weighted by Crippen LogP contribution is -2.24. The lowest BCUT2D eigenvalue weighted by molar-refractivity contribution is -0.473. The molecule has 3 nitrogen and oxygen atoms in total. The van der Waals surface area contributed by atoms with E-state index >= 15 is 0 Å². The van der Waals surface area contributed by atoms with Gasteiger partial charge in [-0.3, -0.25) is 0 Å². The maximum absolute atomic E-state index is 5.77. The molecule has 0 spiro atoms. The molecule has 0 amide bonds. The highest BCUT2D eigenvalue weighted by Gasteiger charge is 2.08. The van der Waals surface area contributed by atoms with Gasteiger partial charge in [0.1, 0.15) is 5.69 Å². The lowest BCUT2D eigenvalue weighted by atomic mass is 10.3. The van der Waals surface area contributed by atoms with Gasteiger partial charge in [-0.05, 0) is 24.3 Å². The summed E-state index contributed by atoms with van der Waals surface area (Å²) >= 11 is 5.77. The van der Waals surface area contributed by atoms with Gasteiger partial charge in [0.25, 0.3) is 0 Å². The van der Waals surface area contributed by atoms with Crippen LogP contribution in [-0.2, 0) is 4.74 Å². The van der Waals surface area contributed by atoms with Crippen LogP contribution in [0.25, 0.3) is 0 Å². The molecular formula is C10H14ClN2O+. The summed E-state index contributed by atoms with van der Waals surface area (Å²) in [4.78, 5) is 0. The molecule has 1 rings (SSSR count). The Balaban J connectivity index is 2.78. The highest BCUT2D eigenvalue weighted by atomic mass is 35.5. The number of rotatable bonds is 1. The Kier molecular flexibility index (Phi) is 3.77.